The van der Waals surface area contributed by atoms with E-state index in [1.54, 1.807) is 0 Å². The van der Waals surface area contributed by atoms with Crippen molar-refractivity contribution in [1.29, 1.82) is 0 Å². The Kier molecular flexibility index (Phi) is 5.30. The van der Waals surface area contributed by atoms with Gasteiger partial charge in [0.2, 0.25) is 0 Å². The van der Waals surface area contributed by atoms with Crippen molar-refractivity contribution >= 4 is 0 Å². The molecule has 0 aliphatic rings. The average Bonchev–Trinajstić information content (AvgIpc) is 2.25. The maximum atomic E-state index is 4.49. The van der Waals surface area contributed by atoms with E-state index in [0.29, 0.717) is 5.92 Å². The van der Waals surface area contributed by atoms with Gasteiger partial charge in [0.05, 0.1) is 11.4 Å². The molecular weight excluding hydrogens is 184 g/mol. The van der Waals surface area contributed by atoms with Crippen LogP contribution in [0.5, 0.6) is 0 Å². The molecule has 0 bridgehead atoms. The molecule has 2 heteroatoms. The summed E-state index contributed by atoms with van der Waals surface area (Å²) in [5, 5.41) is 0. The summed E-state index contributed by atoms with van der Waals surface area (Å²) in [5.74, 6) is 0.614. The SMILES string of the molecule is CCCCC(CCC)c1cnc(C)cn1. The lowest BCUT2D eigenvalue weighted by Crippen LogP contribution is -2.02. The minimum absolute atomic E-state index is 0.614. The van der Waals surface area contributed by atoms with Crippen LogP contribution in [0.15, 0.2) is 12.4 Å². The Morgan fingerprint density at radius 1 is 1.07 bits per heavy atom. The van der Waals surface area contributed by atoms with E-state index in [1.807, 2.05) is 19.3 Å². The first-order chi connectivity index (χ1) is 7.27. The maximum absolute atomic E-state index is 4.49. The number of rotatable bonds is 6. The Labute approximate surface area is 93.2 Å². The van der Waals surface area contributed by atoms with E-state index in [4.69, 9.17) is 0 Å². The summed E-state index contributed by atoms with van der Waals surface area (Å²) in [6, 6.07) is 0. The highest BCUT2D eigenvalue weighted by Crippen LogP contribution is 2.24. The second kappa shape index (κ2) is 6.54. The standard InChI is InChI=1S/C13H22N2/c1-4-6-8-12(7-5-2)13-10-14-11(3)9-15-13/h9-10,12H,4-8H2,1-3H3. The molecule has 0 saturated carbocycles. The van der Waals surface area contributed by atoms with Gasteiger partial charge in [-0.3, -0.25) is 9.97 Å². The topological polar surface area (TPSA) is 25.8 Å². The molecule has 1 aromatic heterocycles. The largest absolute Gasteiger partial charge is 0.258 e. The molecule has 0 aromatic carbocycles. The molecular formula is C13H22N2. The van der Waals surface area contributed by atoms with Gasteiger partial charge >= 0.3 is 0 Å². The molecule has 0 amide bonds. The van der Waals surface area contributed by atoms with Crippen molar-refractivity contribution in [3.63, 3.8) is 0 Å². The lowest BCUT2D eigenvalue weighted by Gasteiger charge is -2.14. The number of unbranched alkanes of at least 4 members (excludes halogenated alkanes) is 1. The van der Waals surface area contributed by atoms with Crippen molar-refractivity contribution in [2.75, 3.05) is 0 Å². The van der Waals surface area contributed by atoms with Crippen LogP contribution in [0.3, 0.4) is 0 Å². The monoisotopic (exact) mass is 206 g/mol. The van der Waals surface area contributed by atoms with E-state index in [1.165, 1.54) is 37.8 Å². The summed E-state index contributed by atoms with van der Waals surface area (Å²) in [7, 11) is 0. The minimum atomic E-state index is 0.614. The first-order valence-corrected chi connectivity index (χ1v) is 6.06. The van der Waals surface area contributed by atoms with Crippen molar-refractivity contribution < 1.29 is 0 Å². The third kappa shape index (κ3) is 3.98. The lowest BCUT2D eigenvalue weighted by molar-refractivity contribution is 0.528. The summed E-state index contributed by atoms with van der Waals surface area (Å²) in [5.41, 5.74) is 2.18. The second-order valence-electron chi connectivity index (χ2n) is 4.21. The van der Waals surface area contributed by atoms with Gasteiger partial charge in [-0.1, -0.05) is 33.1 Å². The number of hydrogen-bond acceptors (Lipinski definition) is 2. The highest BCUT2D eigenvalue weighted by molar-refractivity contribution is 5.06. The zero-order valence-electron chi connectivity index (χ0n) is 10.2. The van der Waals surface area contributed by atoms with Crippen LogP contribution in [0.1, 0.15) is 63.3 Å². The van der Waals surface area contributed by atoms with Crippen molar-refractivity contribution in [3.05, 3.63) is 23.8 Å². The molecule has 1 heterocycles. The molecule has 1 unspecified atom stereocenters. The van der Waals surface area contributed by atoms with Gasteiger partial charge in [-0.2, -0.15) is 0 Å². The first-order valence-electron chi connectivity index (χ1n) is 6.06. The zero-order valence-corrected chi connectivity index (χ0v) is 10.2. The fraction of sp³-hybridized carbons (Fsp3) is 0.692. The summed E-state index contributed by atoms with van der Waals surface area (Å²) >= 11 is 0. The lowest BCUT2D eigenvalue weighted by atomic mass is 9.94. The van der Waals surface area contributed by atoms with Crippen LogP contribution in [-0.4, -0.2) is 9.97 Å². The quantitative estimate of drug-likeness (QED) is 0.706. The van der Waals surface area contributed by atoms with Gasteiger partial charge in [-0.05, 0) is 19.8 Å². The molecule has 0 fully saturated rings. The summed E-state index contributed by atoms with van der Waals surface area (Å²) in [6.45, 7) is 6.46. The number of aryl methyl sites for hydroxylation is 1. The summed E-state index contributed by atoms with van der Waals surface area (Å²) < 4.78 is 0. The molecule has 0 aliphatic heterocycles. The molecule has 1 aromatic rings. The van der Waals surface area contributed by atoms with Crippen LogP contribution in [0, 0.1) is 6.92 Å². The third-order valence-electron chi connectivity index (χ3n) is 2.76. The molecule has 15 heavy (non-hydrogen) atoms. The van der Waals surface area contributed by atoms with Crippen LogP contribution in [0.2, 0.25) is 0 Å². The van der Waals surface area contributed by atoms with Gasteiger partial charge < -0.3 is 0 Å². The second-order valence-corrected chi connectivity index (χ2v) is 4.21. The Hall–Kier alpha value is -0.920. The predicted molar refractivity (Wildman–Crippen MR) is 63.9 cm³/mol. The number of hydrogen-bond donors (Lipinski definition) is 0. The van der Waals surface area contributed by atoms with Crippen molar-refractivity contribution in [2.45, 2.75) is 58.8 Å². The van der Waals surface area contributed by atoms with Gasteiger partial charge in [0.25, 0.3) is 0 Å². The van der Waals surface area contributed by atoms with E-state index in [-0.39, 0.29) is 0 Å². The predicted octanol–water partition coefficient (Wildman–Crippen LogP) is 3.86. The van der Waals surface area contributed by atoms with E-state index in [0.717, 1.165) is 5.69 Å². The Balaban J connectivity index is 2.65. The number of aromatic nitrogens is 2. The van der Waals surface area contributed by atoms with E-state index >= 15 is 0 Å². The van der Waals surface area contributed by atoms with Crippen LogP contribution in [0.25, 0.3) is 0 Å². The molecule has 0 saturated heterocycles. The molecule has 84 valence electrons. The Morgan fingerprint density at radius 2 is 1.87 bits per heavy atom. The minimum Gasteiger partial charge on any atom is -0.258 e. The molecule has 1 atom stereocenters. The van der Waals surface area contributed by atoms with Crippen LogP contribution < -0.4 is 0 Å². The highest BCUT2D eigenvalue weighted by Gasteiger charge is 2.11. The summed E-state index contributed by atoms with van der Waals surface area (Å²) in [6.07, 6.45) is 10.1. The van der Waals surface area contributed by atoms with E-state index < -0.39 is 0 Å². The van der Waals surface area contributed by atoms with Gasteiger partial charge in [0.15, 0.2) is 0 Å². The molecule has 0 radical (unpaired) electrons. The van der Waals surface area contributed by atoms with Gasteiger partial charge in [0.1, 0.15) is 0 Å². The maximum Gasteiger partial charge on any atom is 0.0617 e. The first kappa shape index (κ1) is 12.2. The molecule has 0 aliphatic carbocycles. The summed E-state index contributed by atoms with van der Waals surface area (Å²) in [4.78, 5) is 8.82. The van der Waals surface area contributed by atoms with Gasteiger partial charge in [-0.25, -0.2) is 0 Å². The van der Waals surface area contributed by atoms with Crippen molar-refractivity contribution in [1.82, 2.24) is 9.97 Å². The van der Waals surface area contributed by atoms with Gasteiger partial charge in [0, 0.05) is 18.3 Å². The molecule has 1 rings (SSSR count). The fourth-order valence-corrected chi connectivity index (χ4v) is 1.85. The van der Waals surface area contributed by atoms with Crippen LogP contribution >= 0.6 is 0 Å². The smallest absolute Gasteiger partial charge is 0.0617 e. The highest BCUT2D eigenvalue weighted by atomic mass is 14.8. The van der Waals surface area contributed by atoms with E-state index in [9.17, 15) is 0 Å². The molecule has 0 N–H and O–H groups in total. The van der Waals surface area contributed by atoms with Crippen molar-refractivity contribution in [3.8, 4) is 0 Å². The molecule has 2 nitrogen and oxygen atoms in total. The molecule has 0 spiro atoms. The Morgan fingerprint density at radius 3 is 2.40 bits per heavy atom. The average molecular weight is 206 g/mol. The number of nitrogens with zero attached hydrogens (tertiary/aromatic N) is 2. The van der Waals surface area contributed by atoms with Gasteiger partial charge in [-0.15, -0.1) is 0 Å². The van der Waals surface area contributed by atoms with E-state index in [2.05, 4.69) is 23.8 Å². The van der Waals surface area contributed by atoms with Crippen LogP contribution in [-0.2, 0) is 0 Å². The van der Waals surface area contributed by atoms with Crippen LogP contribution in [0.4, 0.5) is 0 Å². The third-order valence-corrected chi connectivity index (χ3v) is 2.76. The normalized spacial score (nSPS) is 12.7. The fourth-order valence-electron chi connectivity index (χ4n) is 1.85. The Bertz CT molecular complexity index is 266. The van der Waals surface area contributed by atoms with Crippen molar-refractivity contribution in [2.24, 2.45) is 0 Å². The zero-order chi connectivity index (χ0) is 11.1.